The van der Waals surface area contributed by atoms with E-state index in [9.17, 15) is 19.2 Å². The highest BCUT2D eigenvalue weighted by Crippen LogP contribution is 2.46. The third kappa shape index (κ3) is 2.44. The van der Waals surface area contributed by atoms with Crippen molar-refractivity contribution in [2.24, 2.45) is 0 Å². The van der Waals surface area contributed by atoms with Crippen molar-refractivity contribution in [2.45, 2.75) is 0 Å². The zero-order chi connectivity index (χ0) is 27.2. The maximum absolute atomic E-state index is 13.1. The molecule has 0 spiro atoms. The Hall–Kier alpha value is -4.26. The van der Waals surface area contributed by atoms with Crippen molar-refractivity contribution >= 4 is 118 Å². The molecular formula is C34H12Br2O4. The Labute approximate surface area is 239 Å². The SMILES string of the molecule is O=c1c(=O)c2c3ccccc3c1c1cc3c(Br)c4cc5c(cc4c(Br)c3cc12)c1c(=O)c(=O)c5c2ccccc21. The van der Waals surface area contributed by atoms with Gasteiger partial charge in [-0.2, -0.15) is 0 Å². The van der Waals surface area contributed by atoms with Gasteiger partial charge in [0.1, 0.15) is 0 Å². The molecule has 0 saturated heterocycles. The molecule has 0 aliphatic rings. The summed E-state index contributed by atoms with van der Waals surface area (Å²) in [6, 6.07) is 23.0. The van der Waals surface area contributed by atoms with Crippen molar-refractivity contribution in [3.8, 4) is 0 Å². The molecule has 0 aliphatic carbocycles. The van der Waals surface area contributed by atoms with Gasteiger partial charge in [-0.1, -0.05) is 48.5 Å². The quantitative estimate of drug-likeness (QED) is 0.126. The van der Waals surface area contributed by atoms with Gasteiger partial charge in [0.25, 0.3) is 0 Å². The Balaban J connectivity index is 1.54. The molecule has 0 fully saturated rings. The maximum Gasteiger partial charge on any atom is 0.234 e. The fourth-order valence-corrected chi connectivity index (χ4v) is 8.21. The summed E-state index contributed by atoms with van der Waals surface area (Å²) in [5.74, 6) is 0. The second-order valence-electron chi connectivity index (χ2n) is 10.4. The lowest BCUT2D eigenvalue weighted by atomic mass is 9.87. The monoisotopic (exact) mass is 642 g/mol. The Kier molecular flexibility index (Phi) is 4.10. The topological polar surface area (TPSA) is 68.3 Å². The van der Waals surface area contributed by atoms with Gasteiger partial charge in [-0.05, 0) is 121 Å². The van der Waals surface area contributed by atoms with Gasteiger partial charge in [-0.3, -0.25) is 19.2 Å². The minimum Gasteiger partial charge on any atom is -0.285 e. The zero-order valence-electron chi connectivity index (χ0n) is 20.3. The van der Waals surface area contributed by atoms with Crippen LogP contribution in [0.2, 0.25) is 0 Å². The van der Waals surface area contributed by atoms with E-state index in [1.807, 2.05) is 72.8 Å². The Morgan fingerprint density at radius 2 is 0.550 bits per heavy atom. The predicted molar refractivity (Wildman–Crippen MR) is 172 cm³/mol. The fourth-order valence-electron chi connectivity index (χ4n) is 6.89. The highest BCUT2D eigenvalue weighted by Gasteiger charge is 2.23. The number of rotatable bonds is 0. The summed E-state index contributed by atoms with van der Waals surface area (Å²) in [7, 11) is 0. The lowest BCUT2D eigenvalue weighted by Crippen LogP contribution is -2.26. The molecule has 0 aliphatic heterocycles. The zero-order valence-corrected chi connectivity index (χ0v) is 23.5. The number of hydrogen-bond acceptors (Lipinski definition) is 4. The summed E-state index contributed by atoms with van der Waals surface area (Å²) >= 11 is 7.68. The first-order valence-electron chi connectivity index (χ1n) is 12.7. The molecule has 11 aromatic rings. The second-order valence-corrected chi connectivity index (χ2v) is 12.0. The molecule has 4 nitrogen and oxygen atoms in total. The summed E-state index contributed by atoms with van der Waals surface area (Å²) in [4.78, 5) is 52.4. The first-order valence-corrected chi connectivity index (χ1v) is 14.2. The molecule has 0 aromatic heterocycles. The predicted octanol–water partition coefficient (Wildman–Crippen LogP) is 7.63. The van der Waals surface area contributed by atoms with Crippen molar-refractivity contribution in [3.05, 3.63) is 123 Å². The van der Waals surface area contributed by atoms with Crippen LogP contribution >= 0.6 is 31.9 Å². The van der Waals surface area contributed by atoms with Crippen molar-refractivity contribution < 1.29 is 0 Å². The normalized spacial score (nSPS) is 12.7. The first-order chi connectivity index (χ1) is 19.4. The third-order valence-corrected chi connectivity index (χ3v) is 10.3. The Bertz CT molecular complexity index is 2470. The van der Waals surface area contributed by atoms with Crippen LogP contribution in [0.4, 0.5) is 0 Å². The molecule has 0 unspecified atom stereocenters. The van der Waals surface area contributed by atoms with Crippen molar-refractivity contribution in [3.63, 3.8) is 0 Å². The number of fused-ring (bicyclic) bond motifs is 4. The Morgan fingerprint density at radius 3 is 0.775 bits per heavy atom. The molecule has 0 heterocycles. The van der Waals surface area contributed by atoms with Crippen LogP contribution in [0.1, 0.15) is 0 Å². The minimum atomic E-state index is -0.475. The van der Waals surface area contributed by atoms with E-state index in [0.29, 0.717) is 21.5 Å². The molecule has 186 valence electrons. The molecule has 0 radical (unpaired) electrons. The molecule has 0 N–H and O–H groups in total. The van der Waals surface area contributed by atoms with Crippen molar-refractivity contribution in [1.82, 2.24) is 0 Å². The van der Waals surface area contributed by atoms with E-state index >= 15 is 0 Å². The molecule has 11 aromatic carbocycles. The summed E-state index contributed by atoms with van der Waals surface area (Å²) in [5, 5.41) is 11.3. The van der Waals surface area contributed by atoms with Gasteiger partial charge in [-0.15, -0.1) is 0 Å². The highest BCUT2D eigenvalue weighted by atomic mass is 79.9. The van der Waals surface area contributed by atoms with E-state index in [0.717, 1.165) is 73.6 Å². The van der Waals surface area contributed by atoms with Crippen LogP contribution in [0, 0.1) is 0 Å². The standard InChI is InChI=1S/C34H12Br2O4/c35-29-21-9-17-18(26-14-6-2-1-5-13(14)25(17)31(37)32(26)38)10-22(21)30(36)24-12-20-19(11-23(24)29)27-15-7-3-4-8-16(15)28(20)34(40)33(27)39/h1-12H. The van der Waals surface area contributed by atoms with Crippen LogP contribution in [-0.4, -0.2) is 0 Å². The van der Waals surface area contributed by atoms with Crippen LogP contribution in [0.5, 0.6) is 0 Å². The molecule has 0 saturated carbocycles. The van der Waals surface area contributed by atoms with Gasteiger partial charge >= 0.3 is 0 Å². The minimum absolute atomic E-state index is 0.436. The molecule has 0 atom stereocenters. The third-order valence-electron chi connectivity index (χ3n) is 8.59. The van der Waals surface area contributed by atoms with Gasteiger partial charge in [0, 0.05) is 30.5 Å². The summed E-state index contributed by atoms with van der Waals surface area (Å²) in [6.45, 7) is 0. The number of benzene rings is 11. The average Bonchev–Trinajstić information content (AvgIpc) is 2.97. The van der Waals surface area contributed by atoms with Gasteiger partial charge < -0.3 is 0 Å². The van der Waals surface area contributed by atoms with Gasteiger partial charge in [0.2, 0.25) is 21.7 Å². The molecule has 11 rings (SSSR count). The van der Waals surface area contributed by atoms with E-state index in [-0.39, 0.29) is 0 Å². The van der Waals surface area contributed by atoms with Crippen LogP contribution in [0.25, 0.3) is 86.2 Å². The molecular weight excluding hydrogens is 632 g/mol. The van der Waals surface area contributed by atoms with E-state index < -0.39 is 21.7 Å². The summed E-state index contributed by atoms with van der Waals surface area (Å²) in [5.41, 5.74) is -1.90. The second kappa shape index (κ2) is 7.27. The lowest BCUT2D eigenvalue weighted by Gasteiger charge is -2.17. The highest BCUT2D eigenvalue weighted by molar-refractivity contribution is 9.11. The van der Waals surface area contributed by atoms with Crippen LogP contribution in [0.3, 0.4) is 0 Å². The van der Waals surface area contributed by atoms with E-state index in [2.05, 4.69) is 31.9 Å². The van der Waals surface area contributed by atoms with E-state index in [1.165, 1.54) is 0 Å². The number of hydrogen-bond donors (Lipinski definition) is 0. The molecule has 6 heteroatoms. The molecule has 4 bridgehead atoms. The van der Waals surface area contributed by atoms with Crippen molar-refractivity contribution in [2.75, 3.05) is 0 Å². The summed E-state index contributed by atoms with van der Waals surface area (Å²) in [6.07, 6.45) is 0. The van der Waals surface area contributed by atoms with Gasteiger partial charge in [-0.25, -0.2) is 0 Å². The largest absolute Gasteiger partial charge is 0.285 e. The van der Waals surface area contributed by atoms with Gasteiger partial charge in [0.15, 0.2) is 0 Å². The van der Waals surface area contributed by atoms with Crippen LogP contribution < -0.4 is 21.7 Å². The van der Waals surface area contributed by atoms with Crippen LogP contribution in [-0.2, 0) is 0 Å². The van der Waals surface area contributed by atoms with Gasteiger partial charge in [0.05, 0.1) is 0 Å². The fraction of sp³-hybridized carbons (Fsp3) is 0. The summed E-state index contributed by atoms with van der Waals surface area (Å²) < 4.78 is 1.62. The lowest BCUT2D eigenvalue weighted by molar-refractivity contribution is 1.60. The molecule has 0 amide bonds. The van der Waals surface area contributed by atoms with E-state index in [4.69, 9.17) is 0 Å². The van der Waals surface area contributed by atoms with E-state index in [1.54, 1.807) is 0 Å². The molecule has 40 heavy (non-hydrogen) atoms. The van der Waals surface area contributed by atoms with Crippen molar-refractivity contribution in [1.29, 1.82) is 0 Å². The van der Waals surface area contributed by atoms with Crippen LogP contribution in [0.15, 0.2) is 101 Å². The Morgan fingerprint density at radius 1 is 0.325 bits per heavy atom. The maximum atomic E-state index is 13.1. The smallest absolute Gasteiger partial charge is 0.234 e. The first kappa shape index (κ1) is 22.5. The average molecular weight is 644 g/mol. The number of halogens is 2.